The monoisotopic (exact) mass is 340 g/mol. The lowest BCUT2D eigenvalue weighted by atomic mass is 10.1. The third kappa shape index (κ3) is 2.95. The van der Waals surface area contributed by atoms with Crippen molar-refractivity contribution in [3.05, 3.63) is 53.6 Å². The van der Waals surface area contributed by atoms with Crippen molar-refractivity contribution in [2.75, 3.05) is 31.1 Å². The summed E-state index contributed by atoms with van der Waals surface area (Å²) in [6.45, 7) is 7.42. The molecule has 130 valence electrons. The molecule has 0 saturated carbocycles. The van der Waals surface area contributed by atoms with E-state index in [9.17, 15) is 4.39 Å². The third-order valence-electron chi connectivity index (χ3n) is 4.95. The Morgan fingerprint density at radius 3 is 2.52 bits per heavy atom. The molecule has 6 nitrogen and oxygen atoms in total. The molecular formula is C18H21FN6. The zero-order valence-corrected chi connectivity index (χ0v) is 14.4. The molecule has 0 bridgehead atoms. The van der Waals surface area contributed by atoms with Crippen molar-refractivity contribution in [1.29, 1.82) is 0 Å². The molecule has 0 amide bonds. The minimum atomic E-state index is -0.132. The lowest BCUT2D eigenvalue weighted by Gasteiger charge is -2.38. The maximum atomic E-state index is 14.0. The molecule has 2 aromatic heterocycles. The van der Waals surface area contributed by atoms with Crippen LogP contribution in [-0.2, 0) is 0 Å². The zero-order valence-electron chi connectivity index (χ0n) is 14.4. The molecule has 25 heavy (non-hydrogen) atoms. The van der Waals surface area contributed by atoms with Gasteiger partial charge in [-0.05, 0) is 32.0 Å². The Hall–Kier alpha value is -2.54. The summed E-state index contributed by atoms with van der Waals surface area (Å²) in [5.41, 5.74) is 1.52. The molecule has 3 aromatic rings. The molecule has 3 heterocycles. The topological polar surface area (TPSA) is 49.6 Å². The zero-order chi connectivity index (χ0) is 17.4. The van der Waals surface area contributed by atoms with E-state index in [1.807, 2.05) is 31.2 Å². The number of anilines is 1. The Morgan fingerprint density at radius 1 is 1.00 bits per heavy atom. The van der Waals surface area contributed by atoms with Crippen LogP contribution in [0.25, 0.3) is 5.65 Å². The van der Waals surface area contributed by atoms with Crippen LogP contribution in [0.3, 0.4) is 0 Å². The van der Waals surface area contributed by atoms with Gasteiger partial charge < -0.3 is 4.90 Å². The van der Waals surface area contributed by atoms with Crippen LogP contribution in [0.4, 0.5) is 10.2 Å². The number of aromatic nitrogens is 4. The first-order valence-corrected chi connectivity index (χ1v) is 8.56. The number of nitrogens with zero attached hydrogens (tertiary/aromatic N) is 6. The van der Waals surface area contributed by atoms with Crippen molar-refractivity contribution < 1.29 is 4.39 Å². The van der Waals surface area contributed by atoms with E-state index in [4.69, 9.17) is 0 Å². The molecule has 1 aromatic carbocycles. The fourth-order valence-corrected chi connectivity index (χ4v) is 3.40. The molecule has 0 unspecified atom stereocenters. The number of fused-ring (bicyclic) bond motifs is 1. The van der Waals surface area contributed by atoms with Gasteiger partial charge in [-0.2, -0.15) is 4.52 Å². The minimum absolute atomic E-state index is 0.0684. The van der Waals surface area contributed by atoms with E-state index in [1.165, 1.54) is 6.07 Å². The van der Waals surface area contributed by atoms with Crippen LogP contribution in [0, 0.1) is 12.7 Å². The predicted molar refractivity (Wildman–Crippen MR) is 94.1 cm³/mol. The van der Waals surface area contributed by atoms with Gasteiger partial charge in [0.15, 0.2) is 11.5 Å². The summed E-state index contributed by atoms with van der Waals surface area (Å²) >= 11 is 0. The summed E-state index contributed by atoms with van der Waals surface area (Å²) in [4.78, 5) is 4.57. The Morgan fingerprint density at radius 2 is 1.76 bits per heavy atom. The number of rotatable bonds is 3. The molecule has 1 fully saturated rings. The number of halogens is 1. The second-order valence-electron chi connectivity index (χ2n) is 6.43. The molecule has 0 radical (unpaired) electrons. The standard InChI is InChI=1S/C18H21FN6/c1-13(15-5-3-4-6-16(15)19)23-9-11-24(12-10-23)18-8-7-17-21-20-14(2)25(17)22-18/h3-8,13H,9-12H2,1-2H3/t13-/m0/s1. The van der Waals surface area contributed by atoms with Crippen molar-refractivity contribution >= 4 is 11.5 Å². The van der Waals surface area contributed by atoms with Gasteiger partial charge in [-0.1, -0.05) is 18.2 Å². The molecule has 1 atom stereocenters. The summed E-state index contributed by atoms with van der Waals surface area (Å²) in [6, 6.07) is 11.0. The normalized spacial score (nSPS) is 17.2. The highest BCUT2D eigenvalue weighted by molar-refractivity contribution is 5.46. The van der Waals surface area contributed by atoms with Gasteiger partial charge in [0, 0.05) is 37.8 Å². The van der Waals surface area contributed by atoms with E-state index in [0.29, 0.717) is 0 Å². The second-order valence-corrected chi connectivity index (χ2v) is 6.43. The van der Waals surface area contributed by atoms with Crippen molar-refractivity contribution in [2.24, 2.45) is 0 Å². The molecular weight excluding hydrogens is 319 g/mol. The van der Waals surface area contributed by atoms with Crippen LogP contribution in [0.15, 0.2) is 36.4 Å². The number of piperazine rings is 1. The molecule has 0 N–H and O–H groups in total. The van der Waals surface area contributed by atoms with Crippen LogP contribution in [0.5, 0.6) is 0 Å². The van der Waals surface area contributed by atoms with Crippen molar-refractivity contribution in [3.8, 4) is 0 Å². The van der Waals surface area contributed by atoms with Gasteiger partial charge in [0.25, 0.3) is 0 Å². The molecule has 7 heteroatoms. The summed E-state index contributed by atoms with van der Waals surface area (Å²) in [5.74, 6) is 1.57. The maximum absolute atomic E-state index is 14.0. The maximum Gasteiger partial charge on any atom is 0.178 e. The largest absolute Gasteiger partial charge is 0.353 e. The lowest BCUT2D eigenvalue weighted by Crippen LogP contribution is -2.47. The number of benzene rings is 1. The first kappa shape index (κ1) is 16.0. The van der Waals surface area contributed by atoms with Gasteiger partial charge in [-0.3, -0.25) is 4.90 Å². The van der Waals surface area contributed by atoms with Crippen LogP contribution in [-0.4, -0.2) is 50.9 Å². The van der Waals surface area contributed by atoms with E-state index < -0.39 is 0 Å². The van der Waals surface area contributed by atoms with E-state index in [0.717, 1.165) is 49.0 Å². The van der Waals surface area contributed by atoms with Gasteiger partial charge >= 0.3 is 0 Å². The van der Waals surface area contributed by atoms with Crippen LogP contribution in [0.1, 0.15) is 24.4 Å². The summed E-state index contributed by atoms with van der Waals surface area (Å²) in [6.07, 6.45) is 0. The van der Waals surface area contributed by atoms with E-state index >= 15 is 0 Å². The number of aryl methyl sites for hydroxylation is 1. The summed E-state index contributed by atoms with van der Waals surface area (Å²) < 4.78 is 15.8. The fraction of sp³-hybridized carbons (Fsp3) is 0.389. The van der Waals surface area contributed by atoms with Gasteiger partial charge in [-0.15, -0.1) is 15.3 Å². The molecule has 0 spiro atoms. The minimum Gasteiger partial charge on any atom is -0.353 e. The third-order valence-corrected chi connectivity index (χ3v) is 4.95. The van der Waals surface area contributed by atoms with Crippen LogP contribution >= 0.6 is 0 Å². The highest BCUT2D eigenvalue weighted by atomic mass is 19.1. The fourth-order valence-electron chi connectivity index (χ4n) is 3.40. The molecule has 1 aliphatic rings. The average molecular weight is 340 g/mol. The first-order chi connectivity index (χ1) is 12.1. The number of hydrogen-bond donors (Lipinski definition) is 0. The summed E-state index contributed by atoms with van der Waals surface area (Å²) in [7, 11) is 0. The van der Waals surface area contributed by atoms with E-state index in [1.54, 1.807) is 10.6 Å². The number of hydrogen-bond acceptors (Lipinski definition) is 5. The van der Waals surface area contributed by atoms with Crippen LogP contribution < -0.4 is 4.90 Å². The predicted octanol–water partition coefficient (Wildman–Crippen LogP) is 2.46. The molecule has 1 saturated heterocycles. The molecule has 4 rings (SSSR count). The highest BCUT2D eigenvalue weighted by Gasteiger charge is 2.24. The Balaban J connectivity index is 1.47. The second kappa shape index (κ2) is 6.40. The molecule has 1 aliphatic heterocycles. The van der Waals surface area contributed by atoms with Crippen molar-refractivity contribution in [2.45, 2.75) is 19.9 Å². The van der Waals surface area contributed by atoms with E-state index in [-0.39, 0.29) is 11.9 Å². The first-order valence-electron chi connectivity index (χ1n) is 8.56. The highest BCUT2D eigenvalue weighted by Crippen LogP contribution is 2.25. The van der Waals surface area contributed by atoms with Crippen molar-refractivity contribution in [1.82, 2.24) is 24.7 Å². The Labute approximate surface area is 145 Å². The van der Waals surface area contributed by atoms with Gasteiger partial charge in [0.2, 0.25) is 0 Å². The average Bonchev–Trinajstić information content (AvgIpc) is 3.02. The molecule has 0 aliphatic carbocycles. The summed E-state index contributed by atoms with van der Waals surface area (Å²) in [5, 5.41) is 12.8. The van der Waals surface area contributed by atoms with E-state index in [2.05, 4.69) is 32.0 Å². The SMILES string of the molecule is Cc1nnc2ccc(N3CCN([C@@H](C)c4ccccc4F)CC3)nn12. The van der Waals surface area contributed by atoms with Gasteiger partial charge in [0.1, 0.15) is 11.6 Å². The Kier molecular flexibility index (Phi) is 4.09. The van der Waals surface area contributed by atoms with Crippen molar-refractivity contribution in [3.63, 3.8) is 0 Å². The van der Waals surface area contributed by atoms with Crippen LogP contribution in [0.2, 0.25) is 0 Å². The lowest BCUT2D eigenvalue weighted by molar-refractivity contribution is 0.194. The van der Waals surface area contributed by atoms with Gasteiger partial charge in [0.05, 0.1) is 0 Å². The smallest absolute Gasteiger partial charge is 0.178 e. The quantitative estimate of drug-likeness (QED) is 0.733. The van der Waals surface area contributed by atoms with Gasteiger partial charge in [-0.25, -0.2) is 4.39 Å². The Bertz CT molecular complexity index is 884.